The topological polar surface area (TPSA) is 112 Å². The quantitative estimate of drug-likeness (QED) is 0.303. The molecule has 0 aromatic rings. The molecule has 29 heavy (non-hydrogen) atoms. The molecule has 172 valence electrons. The standard InChI is InChI=1S/2C6H11O3.2C4H9O.Ti/c2*1-4(2)9-6(8)5(3)7;2*1-4(2)3-5;/h2*4-5,7H,3H2,1-2H3;2*4H,3H2,1-2H3;/q;;2*-1;+2. The predicted octanol–water partition coefficient (Wildman–Crippen LogP) is 2.78. The van der Waals surface area contributed by atoms with Gasteiger partial charge in [-0.2, -0.15) is 0 Å². The molecular formula is C20H40O8Ti. The van der Waals surface area contributed by atoms with Crippen LogP contribution in [0.25, 0.3) is 0 Å². The van der Waals surface area contributed by atoms with Gasteiger partial charge in [0, 0.05) is 0 Å². The summed E-state index contributed by atoms with van der Waals surface area (Å²) in [5.41, 5.74) is 0. The Balaban J connectivity index is 5.64. The van der Waals surface area contributed by atoms with E-state index < -0.39 is 41.5 Å². The van der Waals surface area contributed by atoms with Crippen LogP contribution in [0.3, 0.4) is 0 Å². The third-order valence-electron chi connectivity index (χ3n) is 3.62. The molecule has 0 bridgehead atoms. The number of aliphatic hydroxyl groups is 2. The van der Waals surface area contributed by atoms with Crippen molar-refractivity contribution in [1.29, 1.82) is 0 Å². The first-order valence-electron chi connectivity index (χ1n) is 10.3. The van der Waals surface area contributed by atoms with Crippen molar-refractivity contribution in [1.82, 2.24) is 0 Å². The van der Waals surface area contributed by atoms with Crippen molar-refractivity contribution in [2.45, 2.75) is 89.3 Å². The number of rotatable bonds is 14. The molecular weight excluding hydrogens is 416 g/mol. The maximum atomic E-state index is 12.2. The van der Waals surface area contributed by atoms with Gasteiger partial charge in [0.15, 0.2) is 0 Å². The molecule has 0 saturated heterocycles. The number of aliphatic hydroxyl groups excluding tert-OH is 2. The Hall–Kier alpha value is -0.506. The summed E-state index contributed by atoms with van der Waals surface area (Å²) in [6.07, 6.45) is -3.66. The Morgan fingerprint density at radius 3 is 1.24 bits per heavy atom. The molecule has 9 heteroatoms. The molecule has 0 saturated carbocycles. The van der Waals surface area contributed by atoms with Crippen LogP contribution in [0, 0.1) is 11.8 Å². The Bertz CT molecular complexity index is 449. The fourth-order valence-electron chi connectivity index (χ4n) is 2.38. The van der Waals surface area contributed by atoms with E-state index in [1.165, 1.54) is 0 Å². The molecule has 0 rings (SSSR count). The van der Waals surface area contributed by atoms with Crippen molar-refractivity contribution in [3.8, 4) is 0 Å². The SMILES string of the molecule is CC(C)C[O][Ti]([CH2]C(O)C(=O)OC(C)C)([CH2]C(O)C(=O)OC(C)C)[O]CC(C)C. The van der Waals surface area contributed by atoms with Gasteiger partial charge in [0.25, 0.3) is 0 Å². The van der Waals surface area contributed by atoms with Crippen LogP contribution >= 0.6 is 0 Å². The van der Waals surface area contributed by atoms with Gasteiger partial charge in [0.1, 0.15) is 0 Å². The summed E-state index contributed by atoms with van der Waals surface area (Å²) in [6.45, 7) is 15.3. The number of esters is 2. The molecule has 0 aliphatic heterocycles. The van der Waals surface area contributed by atoms with Gasteiger partial charge in [-0.05, 0) is 0 Å². The number of carbonyl (C=O) groups excluding carboxylic acids is 2. The molecule has 0 aliphatic carbocycles. The van der Waals surface area contributed by atoms with Crippen LogP contribution < -0.4 is 0 Å². The van der Waals surface area contributed by atoms with Crippen molar-refractivity contribution in [3.05, 3.63) is 0 Å². The molecule has 2 atom stereocenters. The maximum absolute atomic E-state index is 12.2. The summed E-state index contributed by atoms with van der Waals surface area (Å²) in [5, 5.41) is 20.9. The van der Waals surface area contributed by atoms with Crippen molar-refractivity contribution in [2.75, 3.05) is 13.2 Å². The summed E-state index contributed by atoms with van der Waals surface area (Å²) in [5.74, 6) is -1.20. The third kappa shape index (κ3) is 12.7. The van der Waals surface area contributed by atoms with E-state index in [1.807, 2.05) is 27.7 Å². The van der Waals surface area contributed by atoms with Crippen LogP contribution in [-0.2, 0) is 43.1 Å². The molecule has 0 radical (unpaired) electrons. The van der Waals surface area contributed by atoms with E-state index in [-0.39, 0.29) is 33.5 Å². The van der Waals surface area contributed by atoms with Crippen LogP contribution in [0.2, 0.25) is 9.45 Å². The summed E-state index contributed by atoms with van der Waals surface area (Å²) in [6, 6.07) is 0. The van der Waals surface area contributed by atoms with E-state index in [9.17, 15) is 19.8 Å². The molecule has 0 spiro atoms. The van der Waals surface area contributed by atoms with E-state index in [4.69, 9.17) is 16.1 Å². The van der Waals surface area contributed by atoms with Crippen molar-refractivity contribution in [3.63, 3.8) is 0 Å². The normalized spacial score (nSPS) is 14.6. The fourth-order valence-corrected chi connectivity index (χ4v) is 7.85. The third-order valence-corrected chi connectivity index (χ3v) is 8.93. The second-order valence-corrected chi connectivity index (χ2v) is 13.8. The first-order chi connectivity index (χ1) is 13.3. The summed E-state index contributed by atoms with van der Waals surface area (Å²) < 4.78 is 22.2. The minimum absolute atomic E-state index is 0.100. The summed E-state index contributed by atoms with van der Waals surface area (Å²) in [7, 11) is 0. The molecule has 0 aromatic carbocycles. The molecule has 0 aliphatic rings. The van der Waals surface area contributed by atoms with Crippen LogP contribution in [0.4, 0.5) is 0 Å². The molecule has 2 N–H and O–H groups in total. The van der Waals surface area contributed by atoms with Crippen LogP contribution in [0.5, 0.6) is 0 Å². The van der Waals surface area contributed by atoms with E-state index in [2.05, 4.69) is 0 Å². The second-order valence-electron chi connectivity index (χ2n) is 8.73. The van der Waals surface area contributed by atoms with Crippen molar-refractivity contribution in [2.24, 2.45) is 11.8 Å². The molecule has 0 amide bonds. The molecule has 2 unspecified atom stereocenters. The van der Waals surface area contributed by atoms with Crippen LogP contribution in [0.1, 0.15) is 55.4 Å². The zero-order valence-electron chi connectivity index (χ0n) is 19.1. The van der Waals surface area contributed by atoms with Crippen LogP contribution in [-0.4, -0.2) is 59.8 Å². The van der Waals surface area contributed by atoms with Crippen molar-refractivity contribution >= 4 is 11.9 Å². The average molecular weight is 456 g/mol. The molecule has 0 fully saturated rings. The van der Waals surface area contributed by atoms with Gasteiger partial charge >= 0.3 is 180 Å². The number of hydrogen-bond donors (Lipinski definition) is 2. The van der Waals surface area contributed by atoms with E-state index in [0.717, 1.165) is 0 Å². The van der Waals surface area contributed by atoms with E-state index in [0.29, 0.717) is 13.2 Å². The van der Waals surface area contributed by atoms with Gasteiger partial charge < -0.3 is 0 Å². The first kappa shape index (κ1) is 28.5. The minimum atomic E-state index is -4.01. The van der Waals surface area contributed by atoms with E-state index in [1.54, 1.807) is 27.7 Å². The Kier molecular flexibility index (Phi) is 13.5. The van der Waals surface area contributed by atoms with E-state index >= 15 is 0 Å². The van der Waals surface area contributed by atoms with Gasteiger partial charge in [-0.15, -0.1) is 0 Å². The predicted molar refractivity (Wildman–Crippen MR) is 106 cm³/mol. The Labute approximate surface area is 179 Å². The van der Waals surface area contributed by atoms with Crippen molar-refractivity contribution < 1.29 is 53.3 Å². The average Bonchev–Trinajstić information content (AvgIpc) is 2.56. The van der Waals surface area contributed by atoms with Gasteiger partial charge in [-0.1, -0.05) is 0 Å². The van der Waals surface area contributed by atoms with Gasteiger partial charge in [-0.3, -0.25) is 0 Å². The number of hydrogen-bond acceptors (Lipinski definition) is 8. The summed E-state index contributed by atoms with van der Waals surface area (Å²) >= 11 is -4.01. The second kappa shape index (κ2) is 13.7. The molecule has 8 nitrogen and oxygen atoms in total. The number of ether oxygens (including phenoxy) is 2. The number of carbonyl (C=O) groups is 2. The molecule has 0 heterocycles. The van der Waals surface area contributed by atoms with Gasteiger partial charge in [-0.25, -0.2) is 0 Å². The summed E-state index contributed by atoms with van der Waals surface area (Å²) in [4.78, 5) is 24.3. The Morgan fingerprint density at radius 2 is 1.00 bits per heavy atom. The van der Waals surface area contributed by atoms with Gasteiger partial charge in [0.05, 0.1) is 0 Å². The Morgan fingerprint density at radius 1 is 0.690 bits per heavy atom. The zero-order valence-corrected chi connectivity index (χ0v) is 20.7. The fraction of sp³-hybridized carbons (Fsp3) is 0.900. The zero-order chi connectivity index (χ0) is 22.8. The molecule has 0 aromatic heterocycles. The van der Waals surface area contributed by atoms with Gasteiger partial charge in [0.2, 0.25) is 0 Å². The van der Waals surface area contributed by atoms with Crippen LogP contribution in [0.15, 0.2) is 0 Å². The monoisotopic (exact) mass is 456 g/mol. The first-order valence-corrected chi connectivity index (χ1v) is 13.8.